The number of fused-ring (bicyclic) bond motifs is 1. The summed E-state index contributed by atoms with van der Waals surface area (Å²) in [6.07, 6.45) is 1.78. The maximum atomic E-state index is 12.0. The van der Waals surface area contributed by atoms with Crippen LogP contribution in [0.15, 0.2) is 35.3 Å². The Morgan fingerprint density at radius 3 is 2.75 bits per heavy atom. The Morgan fingerprint density at radius 1 is 1.33 bits per heavy atom. The van der Waals surface area contributed by atoms with Crippen LogP contribution < -0.4 is 5.56 Å². The summed E-state index contributed by atoms with van der Waals surface area (Å²) >= 11 is 0. The number of aryl methyl sites for hydroxylation is 2. The Balaban J connectivity index is 2.30. The first-order valence-electron chi connectivity index (χ1n) is 7.80. The molecule has 0 radical (unpaired) electrons. The molecule has 1 atom stereocenters. The number of phenolic OH excluding ortho intramolecular Hbond substituents is 1. The quantitative estimate of drug-likeness (QED) is 0.800. The predicted octanol–water partition coefficient (Wildman–Crippen LogP) is 2.62. The highest BCUT2D eigenvalue weighted by Crippen LogP contribution is 2.30. The number of pyridine rings is 1. The summed E-state index contributed by atoms with van der Waals surface area (Å²) < 4.78 is 8.95. The van der Waals surface area contributed by atoms with E-state index in [-0.39, 0.29) is 17.4 Å². The molecule has 1 unspecified atom stereocenters. The van der Waals surface area contributed by atoms with E-state index in [0.717, 1.165) is 16.9 Å². The Hall–Kier alpha value is -2.60. The maximum absolute atomic E-state index is 12.0. The molecule has 0 amide bonds. The van der Waals surface area contributed by atoms with Gasteiger partial charge in [-0.2, -0.15) is 0 Å². The third-order valence-corrected chi connectivity index (χ3v) is 4.14. The van der Waals surface area contributed by atoms with Crippen molar-refractivity contribution in [3.05, 3.63) is 46.4 Å². The van der Waals surface area contributed by atoms with Crippen LogP contribution in [0.4, 0.5) is 0 Å². The van der Waals surface area contributed by atoms with Gasteiger partial charge in [0.05, 0.1) is 23.7 Å². The summed E-state index contributed by atoms with van der Waals surface area (Å²) in [6.45, 7) is 4.38. The van der Waals surface area contributed by atoms with Gasteiger partial charge in [0.25, 0.3) is 5.56 Å². The predicted molar refractivity (Wildman–Crippen MR) is 93.4 cm³/mol. The highest BCUT2D eigenvalue weighted by Gasteiger charge is 2.18. The van der Waals surface area contributed by atoms with Crippen molar-refractivity contribution in [3.8, 4) is 17.1 Å². The number of rotatable bonds is 4. The standard InChI is InChI=1S/C18H21N3O3/c1-11-7-13(9-20(3)18(11)23)17-19-15-8-14(22)5-6-16(15)21(17)12(2)10-24-4/h5-9,12,22H,10H2,1-4H3. The first-order valence-corrected chi connectivity index (χ1v) is 7.80. The maximum Gasteiger partial charge on any atom is 0.253 e. The van der Waals surface area contributed by atoms with Gasteiger partial charge in [-0.3, -0.25) is 4.79 Å². The molecule has 2 heterocycles. The average molecular weight is 327 g/mol. The molecule has 0 saturated heterocycles. The molecular weight excluding hydrogens is 306 g/mol. The minimum absolute atomic E-state index is 0.0241. The molecule has 6 nitrogen and oxygen atoms in total. The summed E-state index contributed by atoms with van der Waals surface area (Å²) in [6, 6.07) is 7.04. The van der Waals surface area contributed by atoms with Gasteiger partial charge < -0.3 is 19.0 Å². The largest absolute Gasteiger partial charge is 0.508 e. The molecule has 0 aliphatic carbocycles. The van der Waals surface area contributed by atoms with Crippen LogP contribution in [0.2, 0.25) is 0 Å². The highest BCUT2D eigenvalue weighted by molar-refractivity contribution is 5.82. The SMILES string of the molecule is COCC(C)n1c(-c2cc(C)c(=O)n(C)c2)nc2cc(O)ccc21. The topological polar surface area (TPSA) is 69.3 Å². The van der Waals surface area contributed by atoms with Crippen molar-refractivity contribution in [1.29, 1.82) is 0 Å². The molecule has 0 bridgehead atoms. The summed E-state index contributed by atoms with van der Waals surface area (Å²) in [4.78, 5) is 16.7. The van der Waals surface area contributed by atoms with Crippen LogP contribution in [0, 0.1) is 6.92 Å². The van der Waals surface area contributed by atoms with Gasteiger partial charge in [-0.15, -0.1) is 0 Å². The molecule has 0 spiro atoms. The van der Waals surface area contributed by atoms with Crippen molar-refractivity contribution < 1.29 is 9.84 Å². The van der Waals surface area contributed by atoms with Crippen LogP contribution in [0.25, 0.3) is 22.4 Å². The highest BCUT2D eigenvalue weighted by atomic mass is 16.5. The molecular formula is C18H21N3O3. The second-order valence-corrected chi connectivity index (χ2v) is 6.11. The molecule has 2 aromatic heterocycles. The van der Waals surface area contributed by atoms with E-state index in [4.69, 9.17) is 9.72 Å². The lowest BCUT2D eigenvalue weighted by Crippen LogP contribution is -2.19. The van der Waals surface area contributed by atoms with Crippen molar-refractivity contribution >= 4 is 11.0 Å². The van der Waals surface area contributed by atoms with E-state index >= 15 is 0 Å². The molecule has 126 valence electrons. The smallest absolute Gasteiger partial charge is 0.253 e. The number of nitrogens with zero attached hydrogens (tertiary/aromatic N) is 3. The molecule has 6 heteroatoms. The molecule has 0 aliphatic rings. The van der Waals surface area contributed by atoms with E-state index in [1.165, 1.54) is 0 Å². The lowest BCUT2D eigenvalue weighted by molar-refractivity contribution is 0.164. The number of imidazole rings is 1. The van der Waals surface area contributed by atoms with Crippen molar-refractivity contribution in [2.45, 2.75) is 19.9 Å². The fourth-order valence-electron chi connectivity index (χ4n) is 3.05. The zero-order valence-electron chi connectivity index (χ0n) is 14.3. The van der Waals surface area contributed by atoms with Crippen molar-refractivity contribution in [3.63, 3.8) is 0 Å². The number of methoxy groups -OCH3 is 1. The first kappa shape index (κ1) is 16.3. The normalized spacial score (nSPS) is 12.7. The zero-order valence-corrected chi connectivity index (χ0v) is 14.3. The summed E-state index contributed by atoms with van der Waals surface area (Å²) in [5.74, 6) is 0.925. The number of ether oxygens (including phenoxy) is 1. The monoisotopic (exact) mass is 327 g/mol. The van der Waals surface area contributed by atoms with Crippen LogP contribution in [0.5, 0.6) is 5.75 Å². The summed E-state index contributed by atoms with van der Waals surface area (Å²) in [5.41, 5.74) is 3.12. The van der Waals surface area contributed by atoms with Gasteiger partial charge in [-0.25, -0.2) is 4.98 Å². The van der Waals surface area contributed by atoms with Gasteiger partial charge in [-0.05, 0) is 32.0 Å². The van der Waals surface area contributed by atoms with Gasteiger partial charge in [0.2, 0.25) is 0 Å². The zero-order chi connectivity index (χ0) is 17.4. The van der Waals surface area contributed by atoms with E-state index in [0.29, 0.717) is 17.7 Å². The van der Waals surface area contributed by atoms with Gasteiger partial charge in [0.15, 0.2) is 0 Å². The molecule has 0 aliphatic heterocycles. The number of aromatic nitrogens is 3. The molecule has 3 aromatic rings. The van der Waals surface area contributed by atoms with Crippen molar-refractivity contribution in [1.82, 2.24) is 14.1 Å². The molecule has 0 saturated carbocycles. The molecule has 0 fully saturated rings. The molecule has 24 heavy (non-hydrogen) atoms. The van der Waals surface area contributed by atoms with E-state index < -0.39 is 0 Å². The third-order valence-electron chi connectivity index (χ3n) is 4.14. The second kappa shape index (κ2) is 6.13. The third kappa shape index (κ3) is 2.69. The van der Waals surface area contributed by atoms with Crippen LogP contribution in [0.3, 0.4) is 0 Å². The lowest BCUT2D eigenvalue weighted by atomic mass is 10.2. The molecule has 1 N–H and O–H groups in total. The fourth-order valence-corrected chi connectivity index (χ4v) is 3.05. The van der Waals surface area contributed by atoms with E-state index in [1.54, 1.807) is 44.0 Å². The van der Waals surface area contributed by atoms with E-state index in [9.17, 15) is 9.90 Å². The number of hydrogen-bond donors (Lipinski definition) is 1. The summed E-state index contributed by atoms with van der Waals surface area (Å²) in [5, 5.41) is 9.75. The number of aromatic hydroxyl groups is 1. The van der Waals surface area contributed by atoms with E-state index in [2.05, 4.69) is 11.5 Å². The van der Waals surface area contributed by atoms with Crippen molar-refractivity contribution in [2.75, 3.05) is 13.7 Å². The Kier molecular flexibility index (Phi) is 4.15. The van der Waals surface area contributed by atoms with Crippen molar-refractivity contribution in [2.24, 2.45) is 7.05 Å². The minimum atomic E-state index is -0.0241. The summed E-state index contributed by atoms with van der Waals surface area (Å²) in [7, 11) is 3.40. The van der Waals surface area contributed by atoms with Gasteiger partial charge in [0, 0.05) is 37.5 Å². The number of phenols is 1. The fraction of sp³-hybridized carbons (Fsp3) is 0.333. The Morgan fingerprint density at radius 2 is 2.08 bits per heavy atom. The van der Waals surface area contributed by atoms with E-state index in [1.807, 2.05) is 12.1 Å². The van der Waals surface area contributed by atoms with Crippen LogP contribution in [-0.4, -0.2) is 32.9 Å². The minimum Gasteiger partial charge on any atom is -0.508 e. The van der Waals surface area contributed by atoms with Gasteiger partial charge >= 0.3 is 0 Å². The lowest BCUT2D eigenvalue weighted by Gasteiger charge is -2.17. The molecule has 1 aromatic carbocycles. The van der Waals surface area contributed by atoms with Crippen LogP contribution in [-0.2, 0) is 11.8 Å². The Labute approximate surface area is 139 Å². The average Bonchev–Trinajstić information content (AvgIpc) is 2.90. The Bertz CT molecular complexity index is 930. The van der Waals surface area contributed by atoms with Crippen LogP contribution in [0.1, 0.15) is 18.5 Å². The number of benzene rings is 1. The second-order valence-electron chi connectivity index (χ2n) is 6.11. The first-order chi connectivity index (χ1) is 11.4. The van der Waals surface area contributed by atoms with Gasteiger partial charge in [-0.1, -0.05) is 0 Å². The number of hydrogen-bond acceptors (Lipinski definition) is 4. The molecule has 3 rings (SSSR count). The van der Waals surface area contributed by atoms with Crippen LogP contribution >= 0.6 is 0 Å². The van der Waals surface area contributed by atoms with Gasteiger partial charge in [0.1, 0.15) is 11.6 Å².